The number of methoxy groups -OCH3 is 1. The molecule has 7 heteroatoms. The van der Waals surface area contributed by atoms with E-state index < -0.39 is 0 Å². The van der Waals surface area contributed by atoms with E-state index in [0.29, 0.717) is 32.9 Å². The smallest absolute Gasteiger partial charge is 0.242 e. The number of hydrogen-bond donors (Lipinski definition) is 1. The van der Waals surface area contributed by atoms with E-state index >= 15 is 0 Å². The highest BCUT2D eigenvalue weighted by Crippen LogP contribution is 2.12. The third-order valence-electron chi connectivity index (χ3n) is 3.39. The number of amides is 1. The second-order valence-electron chi connectivity index (χ2n) is 4.74. The van der Waals surface area contributed by atoms with E-state index in [-0.39, 0.29) is 36.6 Å². The molecule has 3 atom stereocenters. The summed E-state index contributed by atoms with van der Waals surface area (Å²) in [5.41, 5.74) is 0. The summed E-state index contributed by atoms with van der Waals surface area (Å²) in [4.78, 5) is 14.2. The summed E-state index contributed by atoms with van der Waals surface area (Å²) < 4.78 is 16.1. The summed E-state index contributed by atoms with van der Waals surface area (Å²) in [5, 5.41) is 3.22. The third kappa shape index (κ3) is 4.29. The number of carbonyl (C=O) groups excluding carboxylic acids is 1. The van der Waals surface area contributed by atoms with Gasteiger partial charge in [-0.25, -0.2) is 0 Å². The summed E-state index contributed by atoms with van der Waals surface area (Å²) in [5.74, 6) is 0.103. The van der Waals surface area contributed by atoms with Crippen molar-refractivity contribution in [2.24, 2.45) is 0 Å². The minimum atomic E-state index is -0.236. The Morgan fingerprint density at radius 1 is 1.42 bits per heavy atom. The number of morpholine rings is 2. The SMILES string of the molecule is COCC1CN(C(=O)[C@H]2NCCO[C@@H]2C)CCO1.Cl. The highest BCUT2D eigenvalue weighted by atomic mass is 35.5. The fourth-order valence-corrected chi connectivity index (χ4v) is 2.41. The Kier molecular flexibility index (Phi) is 7.02. The van der Waals surface area contributed by atoms with Gasteiger partial charge in [0.25, 0.3) is 0 Å². The van der Waals surface area contributed by atoms with Crippen molar-refractivity contribution in [2.45, 2.75) is 25.2 Å². The normalized spacial score (nSPS) is 31.7. The largest absolute Gasteiger partial charge is 0.382 e. The molecule has 2 heterocycles. The van der Waals surface area contributed by atoms with Crippen LogP contribution in [0.15, 0.2) is 0 Å². The van der Waals surface area contributed by atoms with Gasteiger partial charge in [-0.05, 0) is 6.92 Å². The molecule has 2 aliphatic heterocycles. The van der Waals surface area contributed by atoms with E-state index in [2.05, 4.69) is 5.32 Å². The lowest BCUT2D eigenvalue weighted by Crippen LogP contribution is -2.59. The zero-order chi connectivity index (χ0) is 13.0. The van der Waals surface area contributed by atoms with Crippen LogP contribution in [0.25, 0.3) is 0 Å². The molecule has 0 aromatic carbocycles. The number of nitrogens with zero attached hydrogens (tertiary/aromatic N) is 1. The van der Waals surface area contributed by atoms with Crippen LogP contribution in [0, 0.1) is 0 Å². The zero-order valence-electron chi connectivity index (χ0n) is 11.5. The summed E-state index contributed by atoms with van der Waals surface area (Å²) in [7, 11) is 1.64. The van der Waals surface area contributed by atoms with Crippen LogP contribution in [0.2, 0.25) is 0 Å². The summed E-state index contributed by atoms with van der Waals surface area (Å²) in [6.45, 7) is 5.66. The van der Waals surface area contributed by atoms with Crippen LogP contribution in [-0.4, -0.2) is 75.6 Å². The molecule has 1 amide bonds. The molecular weight excluding hydrogens is 272 g/mol. The van der Waals surface area contributed by atoms with Crippen LogP contribution in [0.1, 0.15) is 6.92 Å². The highest BCUT2D eigenvalue weighted by Gasteiger charge is 2.34. The van der Waals surface area contributed by atoms with Gasteiger partial charge in [-0.1, -0.05) is 0 Å². The van der Waals surface area contributed by atoms with E-state index in [0.717, 1.165) is 6.54 Å². The van der Waals surface area contributed by atoms with Crippen molar-refractivity contribution in [1.82, 2.24) is 10.2 Å². The van der Waals surface area contributed by atoms with Gasteiger partial charge < -0.3 is 24.4 Å². The molecule has 0 bridgehead atoms. The topological polar surface area (TPSA) is 60.0 Å². The number of carbonyl (C=O) groups is 1. The first-order chi connectivity index (χ1) is 8.72. The second kappa shape index (κ2) is 8.01. The third-order valence-corrected chi connectivity index (χ3v) is 3.39. The minimum absolute atomic E-state index is 0. The lowest BCUT2D eigenvalue weighted by Gasteiger charge is -2.37. The first-order valence-corrected chi connectivity index (χ1v) is 6.46. The fraction of sp³-hybridized carbons (Fsp3) is 0.917. The Morgan fingerprint density at radius 2 is 2.21 bits per heavy atom. The van der Waals surface area contributed by atoms with Crippen molar-refractivity contribution in [3.05, 3.63) is 0 Å². The molecule has 2 rings (SSSR count). The molecule has 19 heavy (non-hydrogen) atoms. The van der Waals surface area contributed by atoms with Crippen LogP contribution in [-0.2, 0) is 19.0 Å². The van der Waals surface area contributed by atoms with Gasteiger partial charge in [0.05, 0.1) is 32.0 Å². The number of nitrogens with one attached hydrogen (secondary N) is 1. The van der Waals surface area contributed by atoms with Crippen molar-refractivity contribution < 1.29 is 19.0 Å². The molecule has 0 aromatic heterocycles. The van der Waals surface area contributed by atoms with E-state index in [9.17, 15) is 4.79 Å². The second-order valence-corrected chi connectivity index (χ2v) is 4.74. The standard InChI is InChI=1S/C12H22N2O4.ClH/c1-9-11(13-3-5-17-9)12(15)14-4-6-18-10(7-14)8-16-2;/h9-11,13H,3-8H2,1-2H3;1H/t9-,10?,11+;/m1./s1. The highest BCUT2D eigenvalue weighted by molar-refractivity contribution is 5.85. The molecule has 0 saturated carbocycles. The summed E-state index contributed by atoms with van der Waals surface area (Å²) in [6, 6.07) is -0.236. The lowest BCUT2D eigenvalue weighted by molar-refractivity contribution is -0.148. The Balaban J connectivity index is 0.00000180. The molecule has 6 nitrogen and oxygen atoms in total. The average Bonchev–Trinajstić information content (AvgIpc) is 2.39. The maximum atomic E-state index is 12.4. The van der Waals surface area contributed by atoms with Gasteiger partial charge in [-0.15, -0.1) is 12.4 Å². The number of hydrogen-bond acceptors (Lipinski definition) is 5. The number of ether oxygens (including phenoxy) is 3. The first-order valence-electron chi connectivity index (χ1n) is 6.46. The average molecular weight is 295 g/mol. The first kappa shape index (κ1) is 16.7. The van der Waals surface area contributed by atoms with Gasteiger partial charge in [-0.3, -0.25) is 4.79 Å². The molecular formula is C12H23ClN2O4. The quantitative estimate of drug-likeness (QED) is 0.772. The monoisotopic (exact) mass is 294 g/mol. The van der Waals surface area contributed by atoms with Crippen LogP contribution < -0.4 is 5.32 Å². The maximum absolute atomic E-state index is 12.4. The molecule has 2 fully saturated rings. The van der Waals surface area contributed by atoms with E-state index in [1.165, 1.54) is 0 Å². The van der Waals surface area contributed by atoms with E-state index in [4.69, 9.17) is 14.2 Å². The molecule has 2 saturated heterocycles. The van der Waals surface area contributed by atoms with Crippen molar-refractivity contribution >= 4 is 18.3 Å². The van der Waals surface area contributed by atoms with E-state index in [1.807, 2.05) is 11.8 Å². The zero-order valence-corrected chi connectivity index (χ0v) is 12.3. The molecule has 0 radical (unpaired) electrons. The van der Waals surface area contributed by atoms with Gasteiger partial charge in [0, 0.05) is 26.7 Å². The Hall–Kier alpha value is -0.400. The van der Waals surface area contributed by atoms with Gasteiger partial charge in [0.2, 0.25) is 5.91 Å². The van der Waals surface area contributed by atoms with Crippen molar-refractivity contribution in [2.75, 3.05) is 46.6 Å². The Morgan fingerprint density at radius 3 is 2.89 bits per heavy atom. The van der Waals surface area contributed by atoms with Crippen molar-refractivity contribution in [3.8, 4) is 0 Å². The van der Waals surface area contributed by atoms with Crippen LogP contribution >= 0.6 is 12.4 Å². The van der Waals surface area contributed by atoms with Gasteiger partial charge in [-0.2, -0.15) is 0 Å². The molecule has 0 aliphatic carbocycles. The van der Waals surface area contributed by atoms with Crippen LogP contribution in [0.4, 0.5) is 0 Å². The van der Waals surface area contributed by atoms with Gasteiger partial charge in [0.1, 0.15) is 6.04 Å². The molecule has 0 spiro atoms. The minimum Gasteiger partial charge on any atom is -0.382 e. The lowest BCUT2D eigenvalue weighted by atomic mass is 10.1. The van der Waals surface area contributed by atoms with E-state index in [1.54, 1.807) is 7.11 Å². The molecule has 1 N–H and O–H groups in total. The van der Waals surface area contributed by atoms with Crippen molar-refractivity contribution in [3.63, 3.8) is 0 Å². The predicted octanol–water partition coefficient (Wildman–Crippen LogP) is -0.341. The molecule has 1 unspecified atom stereocenters. The van der Waals surface area contributed by atoms with Gasteiger partial charge >= 0.3 is 0 Å². The summed E-state index contributed by atoms with van der Waals surface area (Å²) >= 11 is 0. The summed E-state index contributed by atoms with van der Waals surface area (Å²) in [6.07, 6.45) is -0.0949. The Labute approximate surface area is 120 Å². The molecule has 2 aliphatic rings. The number of halogens is 1. The van der Waals surface area contributed by atoms with Crippen molar-refractivity contribution in [1.29, 1.82) is 0 Å². The maximum Gasteiger partial charge on any atom is 0.242 e. The van der Waals surface area contributed by atoms with Crippen LogP contribution in [0.3, 0.4) is 0 Å². The Bertz CT molecular complexity index is 291. The molecule has 0 aromatic rings. The van der Waals surface area contributed by atoms with Gasteiger partial charge in [0.15, 0.2) is 0 Å². The molecule has 112 valence electrons. The number of rotatable bonds is 3. The predicted molar refractivity (Wildman–Crippen MR) is 72.6 cm³/mol. The van der Waals surface area contributed by atoms with Crippen LogP contribution in [0.5, 0.6) is 0 Å². The fourth-order valence-electron chi connectivity index (χ4n) is 2.41.